The lowest BCUT2D eigenvalue weighted by molar-refractivity contribution is -0.140. The number of carbonyl (C=O) groups excluding carboxylic acids is 2. The zero-order chi connectivity index (χ0) is 26.4. The van der Waals surface area contributed by atoms with E-state index in [-0.39, 0.29) is 29.5 Å². The molecule has 36 heavy (non-hydrogen) atoms. The summed E-state index contributed by atoms with van der Waals surface area (Å²) in [5, 5.41) is 11.4. The SMILES string of the molecule is COCCCN1C(=O)C(=O)/C(=C(/O)c2ccc(OC)cc2OC)C1c1ccc(OC(C)C)c(OC)c1. The maximum absolute atomic E-state index is 13.3. The van der Waals surface area contributed by atoms with E-state index in [9.17, 15) is 14.7 Å². The van der Waals surface area contributed by atoms with Crippen LogP contribution in [0.1, 0.15) is 37.4 Å². The second kappa shape index (κ2) is 11.8. The molecule has 1 heterocycles. The minimum atomic E-state index is -0.851. The summed E-state index contributed by atoms with van der Waals surface area (Å²) in [6.07, 6.45) is 0.435. The van der Waals surface area contributed by atoms with Crippen molar-refractivity contribution in [2.75, 3.05) is 41.6 Å². The smallest absolute Gasteiger partial charge is 0.295 e. The number of hydrogen-bond donors (Lipinski definition) is 1. The standard InChI is InChI=1S/C27H33NO8/c1-16(2)36-20-11-8-17(14-22(20)35-6)24-23(26(30)27(31)28(24)12-7-13-32-3)25(29)19-10-9-18(33-4)15-21(19)34-5/h8-11,14-16,24,29H,7,12-13H2,1-6H3/b25-23+. The van der Waals surface area contributed by atoms with Crippen LogP contribution in [-0.4, -0.2) is 69.4 Å². The van der Waals surface area contributed by atoms with Crippen molar-refractivity contribution in [1.29, 1.82) is 0 Å². The fraction of sp³-hybridized carbons (Fsp3) is 0.407. The highest BCUT2D eigenvalue weighted by Gasteiger charge is 2.46. The van der Waals surface area contributed by atoms with Crippen molar-refractivity contribution in [2.45, 2.75) is 32.4 Å². The summed E-state index contributed by atoms with van der Waals surface area (Å²) < 4.78 is 27.2. The van der Waals surface area contributed by atoms with Crippen molar-refractivity contribution in [2.24, 2.45) is 0 Å². The van der Waals surface area contributed by atoms with Gasteiger partial charge in [-0.3, -0.25) is 9.59 Å². The van der Waals surface area contributed by atoms with E-state index in [1.807, 2.05) is 13.8 Å². The van der Waals surface area contributed by atoms with Crippen LogP contribution in [0, 0.1) is 0 Å². The molecule has 0 spiro atoms. The fourth-order valence-electron chi connectivity index (χ4n) is 4.18. The molecule has 3 rings (SSSR count). The summed E-state index contributed by atoms with van der Waals surface area (Å²) in [4.78, 5) is 27.9. The monoisotopic (exact) mass is 499 g/mol. The van der Waals surface area contributed by atoms with E-state index in [0.717, 1.165) is 0 Å². The van der Waals surface area contributed by atoms with E-state index in [0.29, 0.717) is 41.6 Å². The molecule has 1 N–H and O–H groups in total. The third-order valence-electron chi connectivity index (χ3n) is 5.82. The highest BCUT2D eigenvalue weighted by Crippen LogP contribution is 2.43. The molecule has 9 heteroatoms. The second-order valence-corrected chi connectivity index (χ2v) is 8.48. The van der Waals surface area contributed by atoms with Gasteiger partial charge in [-0.15, -0.1) is 0 Å². The lowest BCUT2D eigenvalue weighted by Gasteiger charge is -2.26. The first-order chi connectivity index (χ1) is 17.3. The Hall–Kier alpha value is -3.72. The van der Waals surface area contributed by atoms with Crippen molar-refractivity contribution in [3.63, 3.8) is 0 Å². The van der Waals surface area contributed by atoms with Crippen LogP contribution in [0.2, 0.25) is 0 Å². The quantitative estimate of drug-likeness (QED) is 0.215. The Morgan fingerprint density at radius 3 is 2.28 bits per heavy atom. The van der Waals surface area contributed by atoms with Crippen LogP contribution in [0.5, 0.6) is 23.0 Å². The number of aliphatic hydroxyl groups is 1. The number of benzene rings is 2. The summed E-state index contributed by atoms with van der Waals surface area (Å²) in [5.74, 6) is -0.0237. The fourth-order valence-corrected chi connectivity index (χ4v) is 4.18. The van der Waals surface area contributed by atoms with Crippen LogP contribution in [0.25, 0.3) is 5.76 Å². The molecule has 1 atom stereocenters. The number of likely N-dealkylation sites (tertiary alicyclic amines) is 1. The van der Waals surface area contributed by atoms with Gasteiger partial charge in [0.1, 0.15) is 17.3 Å². The van der Waals surface area contributed by atoms with Gasteiger partial charge in [-0.25, -0.2) is 0 Å². The van der Waals surface area contributed by atoms with Crippen LogP contribution >= 0.6 is 0 Å². The molecule has 1 fully saturated rings. The molecule has 2 aromatic carbocycles. The van der Waals surface area contributed by atoms with Gasteiger partial charge in [-0.2, -0.15) is 0 Å². The summed E-state index contributed by atoms with van der Waals surface area (Å²) in [6.45, 7) is 4.47. The first kappa shape index (κ1) is 26.9. The summed E-state index contributed by atoms with van der Waals surface area (Å²) in [6, 6.07) is 9.19. The van der Waals surface area contributed by atoms with Gasteiger partial charge in [0.15, 0.2) is 11.5 Å². The van der Waals surface area contributed by atoms with Gasteiger partial charge in [0.25, 0.3) is 11.7 Å². The highest BCUT2D eigenvalue weighted by atomic mass is 16.5. The Morgan fingerprint density at radius 1 is 0.944 bits per heavy atom. The van der Waals surface area contributed by atoms with Gasteiger partial charge < -0.3 is 33.7 Å². The predicted molar refractivity (Wildman–Crippen MR) is 134 cm³/mol. The van der Waals surface area contributed by atoms with E-state index in [2.05, 4.69) is 0 Å². The summed E-state index contributed by atoms with van der Waals surface area (Å²) in [7, 11) is 6.05. The topological polar surface area (TPSA) is 104 Å². The van der Waals surface area contributed by atoms with Crippen molar-refractivity contribution in [3.8, 4) is 23.0 Å². The number of methoxy groups -OCH3 is 4. The Balaban J connectivity index is 2.20. The van der Waals surface area contributed by atoms with Gasteiger partial charge in [-0.1, -0.05) is 6.07 Å². The van der Waals surface area contributed by atoms with Crippen molar-refractivity contribution in [1.82, 2.24) is 4.90 Å². The van der Waals surface area contributed by atoms with E-state index in [4.69, 9.17) is 23.7 Å². The molecule has 0 aromatic heterocycles. The summed E-state index contributed by atoms with van der Waals surface area (Å²) in [5.41, 5.74) is 0.819. The van der Waals surface area contributed by atoms with Gasteiger partial charge in [0.2, 0.25) is 0 Å². The van der Waals surface area contributed by atoms with E-state index >= 15 is 0 Å². The molecule has 0 saturated carbocycles. The first-order valence-electron chi connectivity index (χ1n) is 11.6. The molecule has 0 radical (unpaired) electrons. The molecule has 0 bridgehead atoms. The Labute approximate surface area is 211 Å². The van der Waals surface area contributed by atoms with Gasteiger partial charge in [0.05, 0.1) is 44.6 Å². The third kappa shape index (κ3) is 5.41. The zero-order valence-corrected chi connectivity index (χ0v) is 21.5. The predicted octanol–water partition coefficient (Wildman–Crippen LogP) is 3.96. The minimum absolute atomic E-state index is 0.0412. The summed E-state index contributed by atoms with van der Waals surface area (Å²) >= 11 is 0. The number of amides is 1. The molecular weight excluding hydrogens is 466 g/mol. The maximum Gasteiger partial charge on any atom is 0.295 e. The largest absolute Gasteiger partial charge is 0.507 e. The molecule has 1 aliphatic heterocycles. The van der Waals surface area contributed by atoms with Gasteiger partial charge in [-0.05, 0) is 50.1 Å². The normalized spacial score (nSPS) is 17.0. The number of ether oxygens (including phenoxy) is 5. The number of carbonyl (C=O) groups is 2. The third-order valence-corrected chi connectivity index (χ3v) is 5.82. The molecule has 1 amide bonds. The Kier molecular flexibility index (Phi) is 8.82. The van der Waals surface area contributed by atoms with Crippen molar-refractivity contribution < 1.29 is 38.4 Å². The Bertz CT molecular complexity index is 1140. The van der Waals surface area contributed by atoms with E-state index in [1.165, 1.54) is 26.2 Å². The first-order valence-corrected chi connectivity index (χ1v) is 11.6. The number of aliphatic hydroxyl groups excluding tert-OH is 1. The molecule has 9 nitrogen and oxygen atoms in total. The molecule has 194 valence electrons. The van der Waals surface area contributed by atoms with E-state index < -0.39 is 17.7 Å². The average molecular weight is 500 g/mol. The molecular formula is C27H33NO8. The van der Waals surface area contributed by atoms with Crippen LogP contribution in [-0.2, 0) is 14.3 Å². The number of rotatable bonds is 11. The lowest BCUT2D eigenvalue weighted by atomic mass is 9.94. The highest BCUT2D eigenvalue weighted by molar-refractivity contribution is 6.46. The van der Waals surface area contributed by atoms with Crippen LogP contribution in [0.3, 0.4) is 0 Å². The van der Waals surface area contributed by atoms with Crippen molar-refractivity contribution >= 4 is 17.4 Å². The van der Waals surface area contributed by atoms with Crippen LogP contribution in [0.4, 0.5) is 0 Å². The van der Waals surface area contributed by atoms with Crippen LogP contribution < -0.4 is 18.9 Å². The Morgan fingerprint density at radius 2 is 1.67 bits per heavy atom. The van der Waals surface area contributed by atoms with E-state index in [1.54, 1.807) is 43.5 Å². The molecule has 1 aliphatic rings. The van der Waals surface area contributed by atoms with Crippen molar-refractivity contribution in [3.05, 3.63) is 53.1 Å². The minimum Gasteiger partial charge on any atom is -0.507 e. The number of hydrogen-bond acceptors (Lipinski definition) is 8. The average Bonchev–Trinajstić information content (AvgIpc) is 3.13. The van der Waals surface area contributed by atoms with Gasteiger partial charge >= 0.3 is 0 Å². The molecule has 0 aliphatic carbocycles. The molecule has 1 saturated heterocycles. The lowest BCUT2D eigenvalue weighted by Crippen LogP contribution is -2.31. The van der Waals surface area contributed by atoms with Gasteiger partial charge in [0, 0.05) is 26.3 Å². The zero-order valence-electron chi connectivity index (χ0n) is 21.5. The number of Topliss-reactive ketones (excluding diaryl/α,β-unsaturated/α-hetero) is 1. The molecule has 1 unspecified atom stereocenters. The molecule has 2 aromatic rings. The number of ketones is 1. The second-order valence-electron chi connectivity index (χ2n) is 8.48. The maximum atomic E-state index is 13.3. The van der Waals surface area contributed by atoms with Crippen LogP contribution in [0.15, 0.2) is 42.0 Å². The number of nitrogens with zero attached hydrogens (tertiary/aromatic N) is 1.